The van der Waals surface area contributed by atoms with Crippen LogP contribution in [0, 0.1) is 5.41 Å². The van der Waals surface area contributed by atoms with E-state index in [1.54, 1.807) is 12.1 Å². The number of benzene rings is 1. The molecular weight excluding hydrogens is 252 g/mol. The van der Waals surface area contributed by atoms with Gasteiger partial charge in [-0.25, -0.2) is 0 Å². The molecule has 0 spiro atoms. The Hall–Kier alpha value is -1.71. The Morgan fingerprint density at radius 3 is 2.85 bits per heavy atom. The van der Waals surface area contributed by atoms with Gasteiger partial charge in [0.25, 0.3) is 5.91 Å². The maximum absolute atomic E-state index is 12.0. The highest BCUT2D eigenvalue weighted by molar-refractivity contribution is 5.78. The van der Waals surface area contributed by atoms with Gasteiger partial charge in [-0.05, 0) is 30.4 Å². The van der Waals surface area contributed by atoms with Gasteiger partial charge in [-0.1, -0.05) is 38.8 Å². The summed E-state index contributed by atoms with van der Waals surface area (Å²) in [6, 6.07) is 7.45. The second kappa shape index (κ2) is 6.16. The number of nitrogen functional groups attached to an aromatic ring is 1. The van der Waals surface area contributed by atoms with Crippen LogP contribution < -0.4 is 15.8 Å². The lowest BCUT2D eigenvalue weighted by molar-refractivity contribution is -0.125. The van der Waals surface area contributed by atoms with Crippen molar-refractivity contribution < 1.29 is 9.53 Å². The molecule has 0 saturated heterocycles. The summed E-state index contributed by atoms with van der Waals surface area (Å²) in [6.45, 7) is 4.45. The fourth-order valence-corrected chi connectivity index (χ4v) is 2.75. The number of ether oxygens (including phenoxy) is 1. The van der Waals surface area contributed by atoms with Crippen LogP contribution in [0.25, 0.3) is 0 Å². The van der Waals surface area contributed by atoms with E-state index in [4.69, 9.17) is 10.5 Å². The van der Waals surface area contributed by atoms with Crippen molar-refractivity contribution in [1.82, 2.24) is 5.32 Å². The smallest absolute Gasteiger partial charge is 0.258 e. The van der Waals surface area contributed by atoms with Gasteiger partial charge in [0, 0.05) is 6.04 Å². The third kappa shape index (κ3) is 3.65. The third-order valence-electron chi connectivity index (χ3n) is 4.12. The molecule has 4 heteroatoms. The molecule has 3 N–H and O–H groups in total. The van der Waals surface area contributed by atoms with E-state index in [1.165, 1.54) is 12.8 Å². The van der Waals surface area contributed by atoms with Crippen LogP contribution >= 0.6 is 0 Å². The van der Waals surface area contributed by atoms with E-state index in [1.807, 2.05) is 12.1 Å². The fraction of sp³-hybridized carbons (Fsp3) is 0.562. The van der Waals surface area contributed by atoms with Crippen LogP contribution in [0.3, 0.4) is 0 Å². The first-order valence-electron chi connectivity index (χ1n) is 7.26. The Labute approximate surface area is 120 Å². The molecule has 4 nitrogen and oxygen atoms in total. The Morgan fingerprint density at radius 1 is 1.40 bits per heavy atom. The zero-order chi connectivity index (χ0) is 14.6. The van der Waals surface area contributed by atoms with Crippen molar-refractivity contribution in [1.29, 1.82) is 0 Å². The van der Waals surface area contributed by atoms with Gasteiger partial charge >= 0.3 is 0 Å². The summed E-state index contributed by atoms with van der Waals surface area (Å²) in [5, 5.41) is 3.09. The van der Waals surface area contributed by atoms with Crippen LogP contribution in [0.15, 0.2) is 24.3 Å². The maximum atomic E-state index is 12.0. The number of nitrogens with two attached hydrogens (primary N) is 1. The van der Waals surface area contributed by atoms with Gasteiger partial charge in [0.2, 0.25) is 0 Å². The number of carbonyl (C=O) groups excluding carboxylic acids is 1. The molecule has 1 aliphatic rings. The molecule has 1 fully saturated rings. The topological polar surface area (TPSA) is 64.3 Å². The van der Waals surface area contributed by atoms with Crippen molar-refractivity contribution in [2.45, 2.75) is 45.6 Å². The molecule has 0 aromatic heterocycles. The molecule has 2 rings (SSSR count). The van der Waals surface area contributed by atoms with E-state index in [9.17, 15) is 4.79 Å². The van der Waals surface area contributed by atoms with Gasteiger partial charge in [0.1, 0.15) is 5.75 Å². The fourth-order valence-electron chi connectivity index (χ4n) is 2.75. The van der Waals surface area contributed by atoms with Crippen LogP contribution in [0.4, 0.5) is 5.69 Å². The number of hydrogen-bond donors (Lipinski definition) is 2. The summed E-state index contributed by atoms with van der Waals surface area (Å²) in [5.74, 6) is 0.485. The first-order chi connectivity index (χ1) is 9.49. The molecule has 1 unspecified atom stereocenters. The average molecular weight is 276 g/mol. The monoisotopic (exact) mass is 276 g/mol. The van der Waals surface area contributed by atoms with Crippen LogP contribution in [0.5, 0.6) is 5.75 Å². The Balaban J connectivity index is 1.85. The molecule has 1 aliphatic carbocycles. The van der Waals surface area contributed by atoms with Crippen molar-refractivity contribution in [2.24, 2.45) is 5.41 Å². The molecule has 110 valence electrons. The minimum absolute atomic E-state index is 0.0147. The summed E-state index contributed by atoms with van der Waals surface area (Å²) in [4.78, 5) is 12.0. The number of anilines is 1. The molecule has 1 aromatic rings. The van der Waals surface area contributed by atoms with Crippen molar-refractivity contribution in [3.05, 3.63) is 24.3 Å². The van der Waals surface area contributed by atoms with Gasteiger partial charge < -0.3 is 15.8 Å². The van der Waals surface area contributed by atoms with Crippen LogP contribution in [0.2, 0.25) is 0 Å². The predicted octanol–water partition coefficient (Wildman–Crippen LogP) is 2.73. The van der Waals surface area contributed by atoms with Gasteiger partial charge in [-0.15, -0.1) is 0 Å². The lowest BCUT2D eigenvalue weighted by atomic mass is 9.73. The minimum atomic E-state index is -0.0757. The van der Waals surface area contributed by atoms with Crippen LogP contribution in [-0.4, -0.2) is 18.6 Å². The molecule has 0 aliphatic heterocycles. The van der Waals surface area contributed by atoms with Crippen LogP contribution in [-0.2, 0) is 4.79 Å². The van der Waals surface area contributed by atoms with E-state index in [2.05, 4.69) is 19.2 Å². The number of nitrogens with one attached hydrogen (secondary N) is 1. The first kappa shape index (κ1) is 14.7. The Kier molecular flexibility index (Phi) is 4.53. The summed E-state index contributed by atoms with van der Waals surface area (Å²) in [7, 11) is 0. The number of rotatable bonds is 4. The molecular formula is C16H24N2O2. The van der Waals surface area contributed by atoms with Crippen molar-refractivity contribution in [2.75, 3.05) is 12.3 Å². The second-order valence-electron chi connectivity index (χ2n) is 6.18. The van der Waals surface area contributed by atoms with Crippen LogP contribution in [0.1, 0.15) is 39.5 Å². The van der Waals surface area contributed by atoms with Crippen molar-refractivity contribution in [3.63, 3.8) is 0 Å². The summed E-state index contributed by atoms with van der Waals surface area (Å²) in [6.07, 6.45) is 4.63. The molecule has 20 heavy (non-hydrogen) atoms. The highest BCUT2D eigenvalue weighted by Gasteiger charge is 2.33. The lowest BCUT2D eigenvalue weighted by Gasteiger charge is -2.39. The van der Waals surface area contributed by atoms with Gasteiger partial charge in [0.15, 0.2) is 6.61 Å². The number of hydrogen-bond acceptors (Lipinski definition) is 3. The van der Waals surface area contributed by atoms with Gasteiger partial charge in [0.05, 0.1) is 5.69 Å². The summed E-state index contributed by atoms with van der Waals surface area (Å²) < 4.78 is 5.47. The molecule has 1 saturated carbocycles. The predicted molar refractivity (Wildman–Crippen MR) is 80.5 cm³/mol. The highest BCUT2D eigenvalue weighted by atomic mass is 16.5. The molecule has 0 bridgehead atoms. The number of carbonyl (C=O) groups is 1. The van der Waals surface area contributed by atoms with Gasteiger partial charge in [-0.3, -0.25) is 4.79 Å². The molecule has 0 heterocycles. The maximum Gasteiger partial charge on any atom is 0.258 e. The standard InChI is InChI=1S/C16H24N2O2/c1-16(2)10-6-5-9-14(16)18-15(19)11-20-13-8-4-3-7-12(13)17/h3-4,7-8,14H,5-6,9-11,17H2,1-2H3,(H,18,19). The minimum Gasteiger partial charge on any atom is -0.482 e. The SMILES string of the molecule is CC1(C)CCCCC1NC(=O)COc1ccccc1N. The lowest BCUT2D eigenvalue weighted by Crippen LogP contribution is -2.48. The molecule has 1 atom stereocenters. The first-order valence-corrected chi connectivity index (χ1v) is 7.26. The highest BCUT2D eigenvalue weighted by Crippen LogP contribution is 2.35. The van der Waals surface area contributed by atoms with E-state index in [0.29, 0.717) is 11.4 Å². The van der Waals surface area contributed by atoms with E-state index < -0.39 is 0 Å². The van der Waals surface area contributed by atoms with E-state index in [0.717, 1.165) is 12.8 Å². The zero-order valence-electron chi connectivity index (χ0n) is 12.3. The Bertz CT molecular complexity index is 471. The third-order valence-corrected chi connectivity index (χ3v) is 4.12. The number of amides is 1. The summed E-state index contributed by atoms with van der Waals surface area (Å²) in [5.41, 5.74) is 6.50. The quantitative estimate of drug-likeness (QED) is 0.831. The number of para-hydroxylation sites is 2. The summed E-state index contributed by atoms with van der Waals surface area (Å²) >= 11 is 0. The van der Waals surface area contributed by atoms with E-state index >= 15 is 0 Å². The molecule has 1 amide bonds. The van der Waals surface area contributed by atoms with Crippen molar-refractivity contribution >= 4 is 11.6 Å². The van der Waals surface area contributed by atoms with E-state index in [-0.39, 0.29) is 24.0 Å². The molecule has 0 radical (unpaired) electrons. The molecule has 1 aromatic carbocycles. The largest absolute Gasteiger partial charge is 0.482 e. The Morgan fingerprint density at radius 2 is 2.15 bits per heavy atom. The average Bonchev–Trinajstić information content (AvgIpc) is 2.40. The zero-order valence-corrected chi connectivity index (χ0v) is 12.3. The van der Waals surface area contributed by atoms with Gasteiger partial charge in [-0.2, -0.15) is 0 Å². The normalized spacial score (nSPS) is 21.2. The van der Waals surface area contributed by atoms with Crippen molar-refractivity contribution in [3.8, 4) is 5.75 Å². The second-order valence-corrected chi connectivity index (χ2v) is 6.18.